The summed E-state index contributed by atoms with van der Waals surface area (Å²) in [6.45, 7) is 2.11. The van der Waals surface area contributed by atoms with E-state index in [1.54, 1.807) is 18.6 Å². The van der Waals surface area contributed by atoms with Gasteiger partial charge in [0.1, 0.15) is 0 Å². The quantitative estimate of drug-likeness (QED) is 0.725. The fraction of sp³-hybridized carbons (Fsp3) is 0.211. The second-order valence-corrected chi connectivity index (χ2v) is 5.60. The molecule has 0 amide bonds. The standard InChI is InChI=1S/C19H20N4O/c24-15-16-7-10-22-19(11-16)14-23(12-17-5-1-3-8-20-17)13-18-6-2-4-9-21-18/h1-11,24H,12-15H2. The second-order valence-electron chi connectivity index (χ2n) is 5.60. The third-order valence-corrected chi connectivity index (χ3v) is 3.67. The van der Waals surface area contributed by atoms with Gasteiger partial charge < -0.3 is 5.11 Å². The van der Waals surface area contributed by atoms with Gasteiger partial charge in [-0.15, -0.1) is 0 Å². The van der Waals surface area contributed by atoms with Gasteiger partial charge in [0.15, 0.2) is 0 Å². The Hall–Kier alpha value is -2.63. The van der Waals surface area contributed by atoms with Gasteiger partial charge in [0.05, 0.1) is 23.7 Å². The zero-order chi connectivity index (χ0) is 16.6. The van der Waals surface area contributed by atoms with Crippen molar-refractivity contribution in [3.05, 3.63) is 89.8 Å². The Morgan fingerprint density at radius 3 is 1.83 bits per heavy atom. The van der Waals surface area contributed by atoms with Gasteiger partial charge in [0, 0.05) is 38.2 Å². The maximum Gasteiger partial charge on any atom is 0.0683 e. The normalized spacial score (nSPS) is 10.9. The maximum absolute atomic E-state index is 9.31. The second kappa shape index (κ2) is 8.29. The highest BCUT2D eigenvalue weighted by Gasteiger charge is 2.11. The Kier molecular flexibility index (Phi) is 5.61. The van der Waals surface area contributed by atoms with Gasteiger partial charge in [0.25, 0.3) is 0 Å². The van der Waals surface area contributed by atoms with E-state index in [0.29, 0.717) is 19.6 Å². The van der Waals surface area contributed by atoms with Crippen LogP contribution in [0.4, 0.5) is 0 Å². The van der Waals surface area contributed by atoms with E-state index < -0.39 is 0 Å². The molecule has 0 aromatic carbocycles. The molecule has 0 aliphatic rings. The molecule has 122 valence electrons. The van der Waals surface area contributed by atoms with Crippen molar-refractivity contribution in [1.82, 2.24) is 19.9 Å². The average Bonchev–Trinajstić information content (AvgIpc) is 2.63. The topological polar surface area (TPSA) is 62.1 Å². The van der Waals surface area contributed by atoms with Crippen LogP contribution in [0.1, 0.15) is 22.6 Å². The first-order valence-electron chi connectivity index (χ1n) is 7.90. The van der Waals surface area contributed by atoms with Crippen LogP contribution in [0, 0.1) is 0 Å². The molecule has 24 heavy (non-hydrogen) atoms. The third kappa shape index (κ3) is 4.68. The molecule has 0 aliphatic heterocycles. The van der Waals surface area contributed by atoms with Crippen molar-refractivity contribution in [2.75, 3.05) is 0 Å². The lowest BCUT2D eigenvalue weighted by molar-refractivity contribution is 0.238. The SMILES string of the molecule is OCc1ccnc(CN(Cc2ccccn2)Cc2ccccn2)c1. The van der Waals surface area contributed by atoms with Crippen molar-refractivity contribution in [2.24, 2.45) is 0 Å². The first-order valence-corrected chi connectivity index (χ1v) is 7.90. The van der Waals surface area contributed by atoms with Gasteiger partial charge in [-0.3, -0.25) is 19.9 Å². The Labute approximate surface area is 141 Å². The molecule has 5 nitrogen and oxygen atoms in total. The molecule has 0 aliphatic carbocycles. The van der Waals surface area contributed by atoms with E-state index in [-0.39, 0.29) is 6.61 Å². The highest BCUT2D eigenvalue weighted by atomic mass is 16.3. The van der Waals surface area contributed by atoms with Crippen LogP contribution in [-0.4, -0.2) is 25.0 Å². The van der Waals surface area contributed by atoms with E-state index in [2.05, 4.69) is 19.9 Å². The van der Waals surface area contributed by atoms with E-state index in [0.717, 1.165) is 22.6 Å². The minimum absolute atomic E-state index is 0.0238. The first kappa shape index (κ1) is 16.2. The summed E-state index contributed by atoms with van der Waals surface area (Å²) in [5.41, 5.74) is 3.81. The number of rotatable bonds is 7. The van der Waals surface area contributed by atoms with Crippen molar-refractivity contribution in [3.63, 3.8) is 0 Å². The molecule has 0 bridgehead atoms. The Bertz CT molecular complexity index is 708. The van der Waals surface area contributed by atoms with E-state index in [9.17, 15) is 5.11 Å². The lowest BCUT2D eigenvalue weighted by atomic mass is 10.2. The largest absolute Gasteiger partial charge is 0.392 e. The molecular weight excluding hydrogens is 300 g/mol. The molecule has 1 N–H and O–H groups in total. The highest BCUT2D eigenvalue weighted by Crippen LogP contribution is 2.12. The summed E-state index contributed by atoms with van der Waals surface area (Å²) in [5.74, 6) is 0. The summed E-state index contributed by atoms with van der Waals surface area (Å²) >= 11 is 0. The molecule has 0 saturated carbocycles. The van der Waals surface area contributed by atoms with Gasteiger partial charge in [-0.05, 0) is 42.0 Å². The van der Waals surface area contributed by atoms with Crippen LogP contribution in [0.2, 0.25) is 0 Å². The Morgan fingerprint density at radius 1 is 0.708 bits per heavy atom. The predicted octanol–water partition coefficient (Wildman–Crippen LogP) is 2.57. The summed E-state index contributed by atoms with van der Waals surface area (Å²) in [7, 11) is 0. The molecule has 0 unspecified atom stereocenters. The van der Waals surface area contributed by atoms with Crippen LogP contribution >= 0.6 is 0 Å². The van der Waals surface area contributed by atoms with Gasteiger partial charge in [-0.2, -0.15) is 0 Å². The summed E-state index contributed by atoms with van der Waals surface area (Å²) in [6.07, 6.45) is 5.35. The van der Waals surface area contributed by atoms with Gasteiger partial charge in [-0.25, -0.2) is 0 Å². The molecule has 3 aromatic rings. The lowest BCUT2D eigenvalue weighted by Gasteiger charge is -2.21. The Balaban J connectivity index is 1.78. The van der Waals surface area contributed by atoms with E-state index >= 15 is 0 Å². The van der Waals surface area contributed by atoms with Crippen molar-refractivity contribution in [2.45, 2.75) is 26.2 Å². The van der Waals surface area contributed by atoms with Crippen molar-refractivity contribution in [1.29, 1.82) is 0 Å². The van der Waals surface area contributed by atoms with Crippen LogP contribution in [0.3, 0.4) is 0 Å². The average molecular weight is 320 g/mol. The fourth-order valence-electron chi connectivity index (χ4n) is 2.55. The smallest absolute Gasteiger partial charge is 0.0683 e. The molecule has 3 heterocycles. The molecular formula is C19H20N4O. The van der Waals surface area contributed by atoms with Crippen molar-refractivity contribution < 1.29 is 5.11 Å². The van der Waals surface area contributed by atoms with Gasteiger partial charge in [-0.1, -0.05) is 12.1 Å². The van der Waals surface area contributed by atoms with Crippen molar-refractivity contribution in [3.8, 4) is 0 Å². The number of hydrogen-bond acceptors (Lipinski definition) is 5. The molecule has 0 fully saturated rings. The minimum Gasteiger partial charge on any atom is -0.392 e. The minimum atomic E-state index is 0.0238. The summed E-state index contributed by atoms with van der Waals surface area (Å²) in [6, 6.07) is 15.6. The van der Waals surface area contributed by atoms with Crippen LogP contribution < -0.4 is 0 Å². The number of aliphatic hydroxyl groups is 1. The first-order chi connectivity index (χ1) is 11.8. The van der Waals surface area contributed by atoms with Crippen molar-refractivity contribution >= 4 is 0 Å². The predicted molar refractivity (Wildman–Crippen MR) is 91.6 cm³/mol. The molecule has 0 saturated heterocycles. The summed E-state index contributed by atoms with van der Waals surface area (Å²) in [4.78, 5) is 15.5. The lowest BCUT2D eigenvalue weighted by Crippen LogP contribution is -2.24. The highest BCUT2D eigenvalue weighted by molar-refractivity contribution is 5.16. The zero-order valence-corrected chi connectivity index (χ0v) is 13.4. The van der Waals surface area contributed by atoms with Gasteiger partial charge in [0.2, 0.25) is 0 Å². The number of nitrogens with zero attached hydrogens (tertiary/aromatic N) is 4. The summed E-state index contributed by atoms with van der Waals surface area (Å²) in [5, 5.41) is 9.31. The molecule has 3 rings (SSSR count). The fourth-order valence-corrected chi connectivity index (χ4v) is 2.55. The van der Waals surface area contributed by atoms with Crippen LogP contribution in [0.25, 0.3) is 0 Å². The van der Waals surface area contributed by atoms with Crippen LogP contribution in [-0.2, 0) is 26.2 Å². The van der Waals surface area contributed by atoms with E-state index in [1.165, 1.54) is 0 Å². The van der Waals surface area contributed by atoms with Crippen LogP contribution in [0.5, 0.6) is 0 Å². The number of pyridine rings is 3. The third-order valence-electron chi connectivity index (χ3n) is 3.67. The molecule has 3 aromatic heterocycles. The number of aliphatic hydroxyl groups excluding tert-OH is 1. The molecule has 0 atom stereocenters. The number of aromatic nitrogens is 3. The van der Waals surface area contributed by atoms with Crippen LogP contribution in [0.15, 0.2) is 67.1 Å². The van der Waals surface area contributed by atoms with E-state index in [4.69, 9.17) is 0 Å². The molecule has 0 radical (unpaired) electrons. The molecule has 5 heteroatoms. The summed E-state index contributed by atoms with van der Waals surface area (Å²) < 4.78 is 0. The van der Waals surface area contributed by atoms with Gasteiger partial charge >= 0.3 is 0 Å². The van der Waals surface area contributed by atoms with E-state index in [1.807, 2.05) is 48.5 Å². The number of hydrogen-bond donors (Lipinski definition) is 1. The Morgan fingerprint density at radius 2 is 1.29 bits per heavy atom. The zero-order valence-electron chi connectivity index (χ0n) is 13.4. The monoisotopic (exact) mass is 320 g/mol. The maximum atomic E-state index is 9.31. The molecule has 0 spiro atoms.